The number of benzene rings is 1. The Balaban J connectivity index is 0. The summed E-state index contributed by atoms with van der Waals surface area (Å²) in [5, 5.41) is 36.3. The molecule has 12 N–H and O–H groups in total. The lowest BCUT2D eigenvalue weighted by atomic mass is 9.88. The summed E-state index contributed by atoms with van der Waals surface area (Å²) in [7, 11) is 0. The van der Waals surface area contributed by atoms with Crippen LogP contribution in [0.3, 0.4) is 0 Å². The van der Waals surface area contributed by atoms with E-state index in [0.717, 1.165) is 5.56 Å². The van der Waals surface area contributed by atoms with E-state index >= 15 is 0 Å². The molecule has 1 heterocycles. The molecular weight excluding hydrogens is 858 g/mol. The third-order valence-electron chi connectivity index (χ3n) is 8.08. The van der Waals surface area contributed by atoms with Crippen LogP contribution in [-0.4, -0.2) is 135 Å². The van der Waals surface area contributed by atoms with Crippen LogP contribution in [0.1, 0.15) is 63.4 Å². The summed E-state index contributed by atoms with van der Waals surface area (Å²) in [6.45, 7) is 0.273. The molecule has 1 aromatic carbocycles. The topological polar surface area (TPSA) is 306 Å². The van der Waals surface area contributed by atoms with Crippen molar-refractivity contribution in [3.63, 3.8) is 0 Å². The second-order valence-electron chi connectivity index (χ2n) is 12.9. The molecule has 1 unspecified atom stereocenters. The molecular formula is C34H48F10N6O11. The molecule has 0 saturated carbocycles. The van der Waals surface area contributed by atoms with Gasteiger partial charge in [0.25, 0.3) is 0 Å². The van der Waals surface area contributed by atoms with Gasteiger partial charge in [-0.15, -0.1) is 0 Å². The van der Waals surface area contributed by atoms with Gasteiger partial charge in [-0.3, -0.25) is 23.6 Å². The zero-order chi connectivity index (χ0) is 47.8. The van der Waals surface area contributed by atoms with Crippen molar-refractivity contribution >= 4 is 41.6 Å². The van der Waals surface area contributed by atoms with Crippen molar-refractivity contribution in [1.82, 2.24) is 15.5 Å². The lowest BCUT2D eigenvalue weighted by Gasteiger charge is -2.38. The molecule has 1 aromatic rings. The van der Waals surface area contributed by atoms with Crippen LogP contribution >= 0.6 is 0 Å². The van der Waals surface area contributed by atoms with Crippen LogP contribution in [0.25, 0.3) is 0 Å². The Bertz CT molecular complexity index is 1490. The van der Waals surface area contributed by atoms with Crippen LogP contribution in [0.5, 0.6) is 0 Å². The summed E-state index contributed by atoms with van der Waals surface area (Å²) in [5.74, 6) is -10.7. The van der Waals surface area contributed by atoms with Gasteiger partial charge in [-0.2, -0.15) is 39.5 Å². The summed E-state index contributed by atoms with van der Waals surface area (Å²) >= 11 is 0. The second kappa shape index (κ2) is 27.5. The SMILES string of the molecule is NCCCC[C@@H](NC(=O)C(CCCCCF)NC(=O)[C@H](N)Cc1ccccc1)C(=O)N1CCC(N)(C(=O)O)CC1.O=C(O)C(F)(F)F.O=C(O)C(F)(F)F.O=C(O)C(F)(F)F. The molecule has 0 radical (unpaired) electrons. The number of aliphatic carboxylic acids is 4. The Hall–Kier alpha value is -5.31. The van der Waals surface area contributed by atoms with Crippen LogP contribution < -0.4 is 27.8 Å². The average molecular weight is 907 g/mol. The number of piperidine rings is 1. The van der Waals surface area contributed by atoms with E-state index in [0.29, 0.717) is 45.1 Å². The molecule has 2 rings (SSSR count). The fourth-order valence-electron chi connectivity index (χ4n) is 4.71. The Kier molecular flexibility index (Phi) is 26.1. The molecule has 3 atom stereocenters. The van der Waals surface area contributed by atoms with Gasteiger partial charge >= 0.3 is 42.4 Å². The number of unbranched alkanes of at least 4 members (excludes halogenated alkanes) is 3. The predicted molar refractivity (Wildman–Crippen MR) is 191 cm³/mol. The maximum atomic E-state index is 13.4. The summed E-state index contributed by atoms with van der Waals surface area (Å²) in [4.78, 5) is 79.4. The van der Waals surface area contributed by atoms with E-state index in [1.807, 2.05) is 30.3 Å². The van der Waals surface area contributed by atoms with E-state index in [-0.39, 0.29) is 44.7 Å². The van der Waals surface area contributed by atoms with E-state index in [2.05, 4.69) is 10.6 Å². The Morgan fingerprint density at radius 1 is 0.672 bits per heavy atom. The van der Waals surface area contributed by atoms with E-state index in [4.69, 9.17) is 46.9 Å². The standard InChI is InChI=1S/C28H45FN6O5.3C2HF3O2/c29-15-7-2-5-11-22(33-24(36)21(31)19-20-9-3-1-4-10-20)25(37)34-23(12-6-8-16-30)26(38)35-17-13-28(32,14-18-35)27(39)40;3*3-2(4,5)1(6)7/h1,3-4,9-10,21-23H,2,5-8,11-19,30-32H2,(H,33,36)(H,34,37)(H,39,40);3*(H,6,7)/t21-,22?,23-;;;/m1.../s1. The highest BCUT2D eigenvalue weighted by molar-refractivity contribution is 5.93. The molecule has 3 amide bonds. The number of hydrogen-bond donors (Lipinski definition) is 9. The molecule has 0 bridgehead atoms. The Labute approximate surface area is 341 Å². The molecule has 0 aliphatic carbocycles. The molecule has 61 heavy (non-hydrogen) atoms. The van der Waals surface area contributed by atoms with Gasteiger partial charge in [-0.1, -0.05) is 43.2 Å². The molecule has 1 aliphatic rings. The number of nitrogens with zero attached hydrogens (tertiary/aromatic N) is 1. The number of nitrogens with two attached hydrogens (primary N) is 3. The third-order valence-corrected chi connectivity index (χ3v) is 8.08. The number of likely N-dealkylation sites (tertiary alicyclic amines) is 1. The molecule has 1 saturated heterocycles. The maximum absolute atomic E-state index is 13.4. The van der Waals surface area contributed by atoms with Crippen molar-refractivity contribution in [3.05, 3.63) is 35.9 Å². The zero-order valence-corrected chi connectivity index (χ0v) is 32.1. The first kappa shape index (κ1) is 57.8. The van der Waals surface area contributed by atoms with Crippen molar-refractivity contribution in [2.24, 2.45) is 17.2 Å². The number of alkyl halides is 10. The highest BCUT2D eigenvalue weighted by atomic mass is 19.4. The lowest BCUT2D eigenvalue weighted by Crippen LogP contribution is -2.60. The van der Waals surface area contributed by atoms with Crippen LogP contribution in [0.15, 0.2) is 30.3 Å². The number of carbonyl (C=O) groups is 7. The van der Waals surface area contributed by atoms with Gasteiger partial charge in [0.05, 0.1) is 12.7 Å². The Morgan fingerprint density at radius 3 is 1.48 bits per heavy atom. The highest BCUT2D eigenvalue weighted by Crippen LogP contribution is 2.22. The molecule has 27 heteroatoms. The largest absolute Gasteiger partial charge is 0.490 e. The number of nitrogens with one attached hydrogen (secondary N) is 2. The molecule has 1 aliphatic heterocycles. The number of amides is 3. The third kappa shape index (κ3) is 25.2. The van der Waals surface area contributed by atoms with E-state index in [1.54, 1.807) is 0 Å². The fourth-order valence-corrected chi connectivity index (χ4v) is 4.71. The number of hydrogen-bond acceptors (Lipinski definition) is 10. The van der Waals surface area contributed by atoms with E-state index in [1.165, 1.54) is 4.90 Å². The monoisotopic (exact) mass is 906 g/mol. The van der Waals surface area contributed by atoms with Crippen LogP contribution in [0.4, 0.5) is 43.9 Å². The minimum Gasteiger partial charge on any atom is -0.480 e. The Morgan fingerprint density at radius 2 is 1.08 bits per heavy atom. The molecule has 0 aromatic heterocycles. The fraction of sp³-hybridized carbons (Fsp3) is 0.618. The van der Waals surface area contributed by atoms with E-state index < -0.39 is 84.6 Å². The van der Waals surface area contributed by atoms with Crippen LogP contribution in [-0.2, 0) is 40.0 Å². The number of halogens is 10. The van der Waals surface area contributed by atoms with Crippen molar-refractivity contribution in [2.75, 3.05) is 26.3 Å². The van der Waals surface area contributed by atoms with Gasteiger partial charge in [0.2, 0.25) is 17.7 Å². The summed E-state index contributed by atoms with van der Waals surface area (Å²) in [6.07, 6.45) is -11.5. The summed E-state index contributed by atoms with van der Waals surface area (Å²) in [6, 6.07) is 6.56. The lowest BCUT2D eigenvalue weighted by molar-refractivity contribution is -0.193. The first-order valence-electron chi connectivity index (χ1n) is 17.8. The van der Waals surface area contributed by atoms with Crippen molar-refractivity contribution < 1.29 is 97.9 Å². The van der Waals surface area contributed by atoms with Gasteiger partial charge in [0, 0.05) is 13.1 Å². The summed E-state index contributed by atoms with van der Waals surface area (Å²) in [5.41, 5.74) is 17.2. The predicted octanol–water partition coefficient (Wildman–Crippen LogP) is 2.49. The van der Waals surface area contributed by atoms with E-state index in [9.17, 15) is 68.2 Å². The van der Waals surface area contributed by atoms with Crippen LogP contribution in [0, 0.1) is 0 Å². The number of carboxylic acids is 4. The quantitative estimate of drug-likeness (QED) is 0.0802. The van der Waals surface area contributed by atoms with Crippen molar-refractivity contribution in [2.45, 2.75) is 106 Å². The molecule has 17 nitrogen and oxygen atoms in total. The highest BCUT2D eigenvalue weighted by Gasteiger charge is 2.41. The first-order chi connectivity index (χ1) is 27.9. The van der Waals surface area contributed by atoms with Crippen molar-refractivity contribution in [1.29, 1.82) is 0 Å². The average Bonchev–Trinajstić information content (AvgIpc) is 3.15. The molecule has 350 valence electrons. The van der Waals surface area contributed by atoms with Gasteiger partial charge in [0.15, 0.2) is 0 Å². The smallest absolute Gasteiger partial charge is 0.480 e. The number of carbonyl (C=O) groups excluding carboxylic acids is 3. The molecule has 0 spiro atoms. The number of rotatable bonds is 17. The number of carboxylic acid groups (broad SMARTS) is 4. The molecule has 1 fully saturated rings. The van der Waals surface area contributed by atoms with Gasteiger partial charge < -0.3 is 53.2 Å². The van der Waals surface area contributed by atoms with Crippen LogP contribution in [0.2, 0.25) is 0 Å². The first-order valence-corrected chi connectivity index (χ1v) is 17.8. The minimum absolute atomic E-state index is 0.101. The maximum Gasteiger partial charge on any atom is 0.490 e. The van der Waals surface area contributed by atoms with Gasteiger partial charge in [-0.25, -0.2) is 14.4 Å². The van der Waals surface area contributed by atoms with Crippen molar-refractivity contribution in [3.8, 4) is 0 Å². The normalized spacial score (nSPS) is 15.0. The minimum atomic E-state index is -5.08. The zero-order valence-electron chi connectivity index (χ0n) is 32.1. The van der Waals surface area contributed by atoms with Gasteiger partial charge in [-0.05, 0) is 63.5 Å². The summed E-state index contributed by atoms with van der Waals surface area (Å²) < 4.78 is 108. The second-order valence-corrected chi connectivity index (χ2v) is 12.9. The van der Waals surface area contributed by atoms with Gasteiger partial charge in [0.1, 0.15) is 17.6 Å².